The summed E-state index contributed by atoms with van der Waals surface area (Å²) >= 11 is 6.48. The van der Waals surface area contributed by atoms with Gasteiger partial charge in [0.1, 0.15) is 11.6 Å². The number of pyridine rings is 1. The molecule has 3 fully saturated rings. The van der Waals surface area contributed by atoms with Crippen molar-refractivity contribution >= 4 is 25.1 Å². The van der Waals surface area contributed by atoms with Crippen molar-refractivity contribution in [2.24, 2.45) is 0 Å². The lowest BCUT2D eigenvalue weighted by Gasteiger charge is -2.27. The van der Waals surface area contributed by atoms with E-state index in [1.54, 1.807) is 0 Å². The molecule has 2 aromatic heterocycles. The van der Waals surface area contributed by atoms with Gasteiger partial charge in [0.25, 0.3) is 0 Å². The Bertz CT molecular complexity index is 1260. The minimum absolute atomic E-state index is 0.323. The van der Waals surface area contributed by atoms with Crippen LogP contribution < -0.4 is 4.74 Å². The van der Waals surface area contributed by atoms with E-state index in [0.717, 1.165) is 18.7 Å². The molecule has 0 saturated heterocycles. The fraction of sp³-hybridized carbons (Fsp3) is 0.455. The monoisotopic (exact) mass is 475 g/mol. The summed E-state index contributed by atoms with van der Waals surface area (Å²) in [5.41, 5.74) is 0.708. The maximum absolute atomic E-state index is 11.5. The average Bonchev–Trinajstić information content (AvgIpc) is 3.25. The molecule has 1 aromatic carbocycles. The van der Waals surface area contributed by atoms with Crippen LogP contribution in [0.15, 0.2) is 36.5 Å². The summed E-state index contributed by atoms with van der Waals surface area (Å²) in [6, 6.07) is 9.64. The summed E-state index contributed by atoms with van der Waals surface area (Å²) in [6.07, 6.45) is 7.50. The Hall–Kier alpha value is -1.96. The molecule has 10 heteroatoms. The van der Waals surface area contributed by atoms with E-state index in [0.29, 0.717) is 47.3 Å². The van der Waals surface area contributed by atoms with Crippen LogP contribution in [0.2, 0.25) is 5.02 Å². The highest BCUT2D eigenvalue weighted by Crippen LogP contribution is 2.62. The first-order chi connectivity index (χ1) is 15.3. The molecule has 32 heavy (non-hydrogen) atoms. The van der Waals surface area contributed by atoms with E-state index in [1.165, 1.54) is 18.4 Å². The van der Waals surface area contributed by atoms with Gasteiger partial charge in [-0.1, -0.05) is 17.7 Å². The van der Waals surface area contributed by atoms with E-state index in [-0.39, 0.29) is 5.41 Å². The number of fused-ring (bicyclic) bond motifs is 3. The number of benzene rings is 1. The van der Waals surface area contributed by atoms with Crippen LogP contribution in [0.5, 0.6) is 11.5 Å². The molecular formula is C22H23ClN3O5P. The summed E-state index contributed by atoms with van der Waals surface area (Å²) < 4.78 is 24.8. The van der Waals surface area contributed by atoms with Crippen LogP contribution in [-0.4, -0.2) is 30.0 Å². The van der Waals surface area contributed by atoms with Gasteiger partial charge in [-0.3, -0.25) is 8.92 Å². The zero-order valence-electron chi connectivity index (χ0n) is 17.3. The second kappa shape index (κ2) is 7.02. The van der Waals surface area contributed by atoms with Gasteiger partial charge in [0.05, 0.1) is 10.6 Å². The third kappa shape index (κ3) is 3.45. The topological polar surface area (TPSA) is 106 Å². The molecule has 3 aliphatic carbocycles. The molecule has 168 valence electrons. The normalized spacial score (nSPS) is 27.3. The molecule has 2 heterocycles. The molecule has 0 atom stereocenters. The molecule has 2 N–H and O–H groups in total. The minimum atomic E-state index is -4.56. The largest absolute Gasteiger partial charge is 0.470 e. The van der Waals surface area contributed by atoms with Crippen molar-refractivity contribution in [1.29, 1.82) is 0 Å². The number of ether oxygens (including phenoxy) is 1. The Balaban J connectivity index is 1.32. The fourth-order valence-electron chi connectivity index (χ4n) is 5.55. The van der Waals surface area contributed by atoms with Crippen LogP contribution in [0.3, 0.4) is 0 Å². The fourth-order valence-corrected chi connectivity index (χ4v) is 6.53. The molecule has 3 saturated carbocycles. The maximum Gasteiger partial charge on any atom is 0.470 e. The second-order valence-electron chi connectivity index (χ2n) is 9.38. The summed E-state index contributed by atoms with van der Waals surface area (Å²) in [4.78, 5) is 18.7. The van der Waals surface area contributed by atoms with Crippen molar-refractivity contribution in [3.63, 3.8) is 0 Å². The number of nitrogens with zero attached hydrogens (tertiary/aromatic N) is 3. The SMILES string of the molecule is O=P(O)(O)OC12CCC(c3nnc4c(Oc5ccc(C6CC6)cc5Cl)cccn34)(CC1)C2. The maximum atomic E-state index is 11.5. The molecule has 2 bridgehead atoms. The third-order valence-electron chi connectivity index (χ3n) is 7.19. The van der Waals surface area contributed by atoms with E-state index < -0.39 is 13.4 Å². The first-order valence-corrected chi connectivity index (χ1v) is 12.7. The van der Waals surface area contributed by atoms with Gasteiger partial charge in [0.15, 0.2) is 5.75 Å². The van der Waals surface area contributed by atoms with Crippen molar-refractivity contribution in [3.8, 4) is 11.5 Å². The minimum Gasteiger partial charge on any atom is -0.452 e. The molecule has 0 aliphatic heterocycles. The van der Waals surface area contributed by atoms with Crippen molar-refractivity contribution in [3.05, 3.63) is 52.9 Å². The smallest absolute Gasteiger partial charge is 0.452 e. The second-order valence-corrected chi connectivity index (χ2v) is 10.9. The van der Waals surface area contributed by atoms with Crippen LogP contribution in [0.1, 0.15) is 62.3 Å². The number of halogens is 1. The molecule has 0 radical (unpaired) electrons. The number of hydrogen-bond acceptors (Lipinski definition) is 5. The molecule has 0 unspecified atom stereocenters. The average molecular weight is 476 g/mol. The van der Waals surface area contributed by atoms with Crippen LogP contribution in [-0.2, 0) is 14.5 Å². The van der Waals surface area contributed by atoms with Crippen molar-refractivity contribution in [2.45, 2.75) is 61.9 Å². The van der Waals surface area contributed by atoms with Gasteiger partial charge in [-0.05, 0) is 80.7 Å². The van der Waals surface area contributed by atoms with E-state index in [9.17, 15) is 14.4 Å². The first kappa shape index (κ1) is 20.6. The van der Waals surface area contributed by atoms with Gasteiger partial charge in [0.2, 0.25) is 5.65 Å². The zero-order chi connectivity index (χ0) is 22.1. The Morgan fingerprint density at radius 3 is 2.56 bits per heavy atom. The lowest BCUT2D eigenvalue weighted by Crippen LogP contribution is -2.25. The van der Waals surface area contributed by atoms with Crippen molar-refractivity contribution < 1.29 is 23.6 Å². The van der Waals surface area contributed by atoms with Gasteiger partial charge in [-0.25, -0.2) is 4.57 Å². The Morgan fingerprint density at radius 1 is 1.09 bits per heavy atom. The summed E-state index contributed by atoms with van der Waals surface area (Å²) in [5.74, 6) is 2.52. The van der Waals surface area contributed by atoms with Gasteiger partial charge in [-0.15, -0.1) is 10.2 Å². The first-order valence-electron chi connectivity index (χ1n) is 10.8. The van der Waals surface area contributed by atoms with Crippen LogP contribution >= 0.6 is 19.4 Å². The summed E-state index contributed by atoms with van der Waals surface area (Å²) in [6.45, 7) is 0. The molecule has 3 aromatic rings. The number of phosphoric ester groups is 1. The molecule has 3 aliphatic rings. The highest BCUT2D eigenvalue weighted by Gasteiger charge is 2.59. The van der Waals surface area contributed by atoms with E-state index in [1.807, 2.05) is 34.9 Å². The summed E-state index contributed by atoms with van der Waals surface area (Å²) in [5, 5.41) is 9.47. The number of hydrogen-bond donors (Lipinski definition) is 2. The standard InChI is InChI=1S/C22H23ClN3O5P/c23-16-12-15(14-3-4-14)5-6-17(16)30-18-2-1-11-26-19(18)24-25-20(26)21-7-9-22(13-21,10-8-21)31-32(27,28)29/h1-2,5-6,11-12,14H,3-4,7-10,13H2,(H2,27,28,29). The van der Waals surface area contributed by atoms with E-state index >= 15 is 0 Å². The third-order valence-corrected chi connectivity index (χ3v) is 8.11. The molecule has 6 rings (SSSR count). The zero-order valence-corrected chi connectivity index (χ0v) is 18.9. The van der Waals surface area contributed by atoms with E-state index in [4.69, 9.17) is 20.9 Å². The van der Waals surface area contributed by atoms with Gasteiger partial charge >= 0.3 is 7.82 Å². The van der Waals surface area contributed by atoms with Crippen molar-refractivity contribution in [1.82, 2.24) is 14.6 Å². The Labute approximate surface area is 189 Å². The lowest BCUT2D eigenvalue weighted by atomic mass is 9.83. The molecule has 0 spiro atoms. The number of rotatable bonds is 6. The number of phosphoric acid groups is 1. The van der Waals surface area contributed by atoms with Gasteiger partial charge in [0, 0.05) is 11.6 Å². The Morgan fingerprint density at radius 2 is 1.88 bits per heavy atom. The molecule has 8 nitrogen and oxygen atoms in total. The predicted octanol–water partition coefficient (Wildman–Crippen LogP) is 5.12. The summed E-state index contributed by atoms with van der Waals surface area (Å²) in [7, 11) is -4.56. The Kier molecular flexibility index (Phi) is 4.52. The lowest BCUT2D eigenvalue weighted by molar-refractivity contribution is 0.0428. The van der Waals surface area contributed by atoms with Gasteiger partial charge in [-0.2, -0.15) is 0 Å². The number of aromatic nitrogens is 3. The van der Waals surface area contributed by atoms with Crippen LogP contribution in [0.4, 0.5) is 0 Å². The molecular weight excluding hydrogens is 453 g/mol. The molecule has 0 amide bonds. The highest BCUT2D eigenvalue weighted by molar-refractivity contribution is 7.46. The highest BCUT2D eigenvalue weighted by atomic mass is 35.5. The van der Waals surface area contributed by atoms with Crippen molar-refractivity contribution in [2.75, 3.05) is 0 Å². The van der Waals surface area contributed by atoms with Crippen LogP contribution in [0.25, 0.3) is 5.65 Å². The van der Waals surface area contributed by atoms with Gasteiger partial charge < -0.3 is 14.5 Å². The van der Waals surface area contributed by atoms with Crippen LogP contribution in [0, 0.1) is 0 Å². The predicted molar refractivity (Wildman–Crippen MR) is 117 cm³/mol. The quantitative estimate of drug-likeness (QED) is 0.477. The van der Waals surface area contributed by atoms with E-state index in [2.05, 4.69) is 16.3 Å².